The molecule has 3 aromatic rings. The van der Waals surface area contributed by atoms with E-state index in [1.807, 2.05) is 60.7 Å². The summed E-state index contributed by atoms with van der Waals surface area (Å²) in [5.41, 5.74) is 1.63. The van der Waals surface area contributed by atoms with E-state index in [0.717, 1.165) is 11.1 Å². The minimum Gasteiger partial charge on any atom is -0.390 e. The highest BCUT2D eigenvalue weighted by molar-refractivity contribution is 7.92. The minimum atomic E-state index is -3.68. The van der Waals surface area contributed by atoms with Crippen molar-refractivity contribution in [2.24, 2.45) is 0 Å². The van der Waals surface area contributed by atoms with Crippen LogP contribution in [0.15, 0.2) is 95.9 Å². The normalized spacial score (nSPS) is 25.3. The topological polar surface area (TPSA) is 63.6 Å². The van der Waals surface area contributed by atoms with Crippen molar-refractivity contribution in [1.82, 2.24) is 0 Å². The molecule has 4 nitrogen and oxygen atoms in total. The Hall–Kier alpha value is -2.47. The lowest BCUT2D eigenvalue weighted by Gasteiger charge is -2.39. The molecule has 1 N–H and O–H groups in total. The molecule has 1 heterocycles. The predicted molar refractivity (Wildman–Crippen MR) is 107 cm³/mol. The summed E-state index contributed by atoms with van der Waals surface area (Å²) in [5, 5.41) is 9.91. The number of aliphatic hydroxyl groups excluding tert-OH is 1. The van der Waals surface area contributed by atoms with Gasteiger partial charge in [-0.05, 0) is 29.7 Å². The summed E-state index contributed by atoms with van der Waals surface area (Å²) in [6, 6.07) is 27.2. The van der Waals surface area contributed by atoms with Crippen molar-refractivity contribution in [2.75, 3.05) is 0 Å². The van der Waals surface area contributed by atoms with Gasteiger partial charge in [0.15, 0.2) is 9.84 Å². The first-order valence-corrected chi connectivity index (χ1v) is 10.8. The third kappa shape index (κ3) is 3.61. The summed E-state index contributed by atoms with van der Waals surface area (Å²) >= 11 is 0. The Kier molecular flexibility index (Phi) is 5.31. The van der Waals surface area contributed by atoms with Gasteiger partial charge in [-0.3, -0.25) is 0 Å². The van der Waals surface area contributed by atoms with Crippen LogP contribution in [0, 0.1) is 0 Å². The molecular formula is C23H22O4S. The van der Waals surface area contributed by atoms with Crippen molar-refractivity contribution in [3.63, 3.8) is 0 Å². The molecule has 28 heavy (non-hydrogen) atoms. The van der Waals surface area contributed by atoms with E-state index in [1.54, 1.807) is 30.3 Å². The lowest BCUT2D eigenvalue weighted by atomic mass is 9.92. The maximum Gasteiger partial charge on any atom is 0.184 e. The van der Waals surface area contributed by atoms with E-state index in [0.29, 0.717) is 0 Å². The van der Waals surface area contributed by atoms with Crippen molar-refractivity contribution in [3.05, 3.63) is 102 Å². The number of sulfone groups is 1. The third-order valence-electron chi connectivity index (χ3n) is 5.18. The number of rotatable bonds is 4. The number of aliphatic hydroxyl groups is 1. The highest BCUT2D eigenvalue weighted by Crippen LogP contribution is 2.43. The van der Waals surface area contributed by atoms with E-state index in [9.17, 15) is 13.5 Å². The summed E-state index contributed by atoms with van der Waals surface area (Å²) in [4.78, 5) is 0.245. The van der Waals surface area contributed by atoms with Crippen LogP contribution in [-0.4, -0.2) is 24.9 Å². The molecule has 1 fully saturated rings. The Morgan fingerprint density at radius 2 is 1.18 bits per heavy atom. The van der Waals surface area contributed by atoms with Gasteiger partial charge in [0.1, 0.15) is 12.2 Å². The summed E-state index contributed by atoms with van der Waals surface area (Å²) in [7, 11) is -3.68. The summed E-state index contributed by atoms with van der Waals surface area (Å²) in [5.74, 6) is 0. The number of ether oxygens (including phenoxy) is 1. The van der Waals surface area contributed by atoms with Crippen LogP contribution in [0.2, 0.25) is 0 Å². The second kappa shape index (κ2) is 7.87. The minimum absolute atomic E-state index is 0.107. The Morgan fingerprint density at radius 1 is 0.714 bits per heavy atom. The van der Waals surface area contributed by atoms with Crippen LogP contribution in [0.5, 0.6) is 0 Å². The van der Waals surface area contributed by atoms with Gasteiger partial charge in [-0.2, -0.15) is 0 Å². The SMILES string of the molecule is O=S(=O)(c1ccccc1)[C@H]1C[C@H](O)[C@@H](c2ccccc2)O[C@H]1c1ccccc1. The second-order valence-electron chi connectivity index (χ2n) is 7.00. The van der Waals surface area contributed by atoms with E-state index >= 15 is 0 Å². The third-order valence-corrected chi connectivity index (χ3v) is 7.35. The molecule has 1 aliphatic heterocycles. The average molecular weight is 394 g/mol. The molecule has 1 saturated heterocycles. The van der Waals surface area contributed by atoms with Crippen molar-refractivity contribution < 1.29 is 18.3 Å². The van der Waals surface area contributed by atoms with Gasteiger partial charge in [-0.15, -0.1) is 0 Å². The molecule has 0 saturated carbocycles. The fourth-order valence-corrected chi connectivity index (χ4v) is 5.66. The quantitative estimate of drug-likeness (QED) is 0.724. The van der Waals surface area contributed by atoms with E-state index < -0.39 is 33.4 Å². The fraction of sp³-hybridized carbons (Fsp3) is 0.217. The van der Waals surface area contributed by atoms with Crippen LogP contribution < -0.4 is 0 Å². The molecule has 0 aromatic heterocycles. The first-order valence-electron chi connectivity index (χ1n) is 9.30. The molecule has 4 atom stereocenters. The number of hydrogen-bond acceptors (Lipinski definition) is 4. The van der Waals surface area contributed by atoms with Crippen LogP contribution >= 0.6 is 0 Å². The fourth-order valence-electron chi connectivity index (χ4n) is 3.78. The lowest BCUT2D eigenvalue weighted by Crippen LogP contribution is -2.42. The molecule has 0 spiro atoms. The maximum atomic E-state index is 13.4. The summed E-state index contributed by atoms with van der Waals surface area (Å²) < 4.78 is 33.0. The zero-order chi connectivity index (χ0) is 19.6. The largest absolute Gasteiger partial charge is 0.390 e. The second-order valence-corrected chi connectivity index (χ2v) is 9.17. The van der Waals surface area contributed by atoms with Gasteiger partial charge in [-0.25, -0.2) is 8.42 Å². The lowest BCUT2D eigenvalue weighted by molar-refractivity contribution is -0.119. The zero-order valence-corrected chi connectivity index (χ0v) is 16.1. The average Bonchev–Trinajstić information content (AvgIpc) is 2.75. The Labute approximate surface area is 165 Å². The van der Waals surface area contributed by atoms with Gasteiger partial charge >= 0.3 is 0 Å². The standard InChI is InChI=1S/C23H22O4S/c24-20-16-21(28(25,26)19-14-8-3-9-15-19)23(18-12-6-2-7-13-18)27-22(20)17-10-4-1-5-11-17/h1-15,20-24H,16H2/t20-,21-,22+,23-/m0/s1. The van der Waals surface area contributed by atoms with Crippen molar-refractivity contribution in [2.45, 2.75) is 34.9 Å². The smallest absolute Gasteiger partial charge is 0.184 e. The molecule has 0 amide bonds. The zero-order valence-electron chi connectivity index (χ0n) is 15.3. The van der Waals surface area contributed by atoms with Crippen LogP contribution in [0.1, 0.15) is 29.8 Å². The predicted octanol–water partition coefficient (Wildman–Crippen LogP) is 4.09. The van der Waals surface area contributed by atoms with Crippen molar-refractivity contribution >= 4 is 9.84 Å². The highest BCUT2D eigenvalue weighted by atomic mass is 32.2. The molecule has 0 radical (unpaired) electrons. The van der Waals surface area contributed by atoms with E-state index in [2.05, 4.69) is 0 Å². The molecule has 0 bridgehead atoms. The van der Waals surface area contributed by atoms with Crippen LogP contribution in [0.25, 0.3) is 0 Å². The van der Waals surface area contributed by atoms with Gasteiger partial charge in [0.2, 0.25) is 0 Å². The van der Waals surface area contributed by atoms with E-state index in [4.69, 9.17) is 4.74 Å². The van der Waals surface area contributed by atoms with Crippen molar-refractivity contribution in [3.8, 4) is 0 Å². The monoisotopic (exact) mass is 394 g/mol. The Morgan fingerprint density at radius 3 is 1.71 bits per heavy atom. The molecule has 4 rings (SSSR count). The number of hydrogen-bond donors (Lipinski definition) is 1. The molecule has 0 unspecified atom stereocenters. The van der Waals surface area contributed by atoms with Crippen LogP contribution in [0.4, 0.5) is 0 Å². The molecule has 3 aromatic carbocycles. The van der Waals surface area contributed by atoms with E-state index in [1.165, 1.54) is 0 Å². The summed E-state index contributed by atoms with van der Waals surface area (Å²) in [6.45, 7) is 0. The van der Waals surface area contributed by atoms with Gasteiger partial charge in [-0.1, -0.05) is 78.9 Å². The van der Waals surface area contributed by atoms with Crippen LogP contribution in [0.3, 0.4) is 0 Å². The maximum absolute atomic E-state index is 13.4. The molecular weight excluding hydrogens is 372 g/mol. The van der Waals surface area contributed by atoms with E-state index in [-0.39, 0.29) is 11.3 Å². The highest BCUT2D eigenvalue weighted by Gasteiger charge is 2.45. The van der Waals surface area contributed by atoms with Gasteiger partial charge < -0.3 is 9.84 Å². The first-order chi connectivity index (χ1) is 13.6. The molecule has 144 valence electrons. The Balaban J connectivity index is 1.76. The molecule has 5 heteroatoms. The Bertz CT molecular complexity index is 1000. The molecule has 0 aliphatic carbocycles. The molecule has 1 aliphatic rings. The van der Waals surface area contributed by atoms with Crippen molar-refractivity contribution in [1.29, 1.82) is 0 Å². The van der Waals surface area contributed by atoms with Crippen LogP contribution in [-0.2, 0) is 14.6 Å². The van der Waals surface area contributed by atoms with Gasteiger partial charge in [0, 0.05) is 0 Å². The van der Waals surface area contributed by atoms with Gasteiger partial charge in [0.05, 0.1) is 16.2 Å². The van der Waals surface area contributed by atoms with Gasteiger partial charge in [0.25, 0.3) is 0 Å². The summed E-state index contributed by atoms with van der Waals surface area (Å²) in [6.07, 6.45) is -2.05. The first kappa shape index (κ1) is 18.9. The number of benzene rings is 3.